The molecule has 1 saturated heterocycles. The highest BCUT2D eigenvalue weighted by Crippen LogP contribution is 2.47. The molecule has 1 aliphatic carbocycles. The van der Waals surface area contributed by atoms with Gasteiger partial charge in [0.25, 0.3) is 5.91 Å². The number of hydrogen-bond donors (Lipinski definition) is 3. The topological polar surface area (TPSA) is 130 Å². The van der Waals surface area contributed by atoms with E-state index < -0.39 is 5.82 Å². The lowest BCUT2D eigenvalue weighted by Crippen LogP contribution is -2.35. The van der Waals surface area contributed by atoms with Gasteiger partial charge in [-0.25, -0.2) is 4.39 Å². The molecule has 11 heteroatoms. The van der Waals surface area contributed by atoms with Gasteiger partial charge in [0.15, 0.2) is 5.82 Å². The first-order valence-electron chi connectivity index (χ1n) is 18.7. The van der Waals surface area contributed by atoms with Gasteiger partial charge in [0, 0.05) is 54.6 Å². The molecular weight excluding hydrogens is 657 g/mol. The third kappa shape index (κ3) is 6.81. The normalized spacial score (nSPS) is 17.9. The van der Waals surface area contributed by atoms with Crippen LogP contribution in [-0.4, -0.2) is 70.2 Å². The molecule has 0 spiro atoms. The van der Waals surface area contributed by atoms with Gasteiger partial charge in [-0.15, -0.1) is 0 Å². The minimum Gasteiger partial charge on any atom is -0.508 e. The highest BCUT2D eigenvalue weighted by molar-refractivity contribution is 6.01. The van der Waals surface area contributed by atoms with E-state index in [-0.39, 0.29) is 40.1 Å². The Morgan fingerprint density at radius 1 is 0.981 bits per heavy atom. The van der Waals surface area contributed by atoms with Crippen molar-refractivity contribution >= 4 is 39.1 Å². The molecule has 10 nitrogen and oxygen atoms in total. The van der Waals surface area contributed by atoms with E-state index in [0.717, 1.165) is 112 Å². The smallest absolute Gasteiger partial charge is 0.319 e. The van der Waals surface area contributed by atoms with Crippen molar-refractivity contribution in [3.05, 3.63) is 77.2 Å². The third-order valence-electron chi connectivity index (χ3n) is 11.1. The SMILES string of the molecule is CCc1cccc2cc(O)cc(-c3ncc4c(N)nc(OCC5(CN6CCCCCN(c7ccc8c(c7)CNC8=O)CCCC6)CC5)nc4c3F)c12. The van der Waals surface area contributed by atoms with Gasteiger partial charge in [-0.3, -0.25) is 9.78 Å². The molecule has 2 fully saturated rings. The fourth-order valence-electron chi connectivity index (χ4n) is 8.01. The van der Waals surface area contributed by atoms with Gasteiger partial charge in [0.2, 0.25) is 0 Å². The van der Waals surface area contributed by atoms with Crippen LogP contribution in [0.4, 0.5) is 15.9 Å². The van der Waals surface area contributed by atoms with E-state index >= 15 is 4.39 Å². The Hall–Kier alpha value is -5.03. The fraction of sp³-hybridized carbons (Fsp3) is 0.415. The first-order chi connectivity index (χ1) is 25.3. The van der Waals surface area contributed by atoms with Crippen LogP contribution in [-0.2, 0) is 13.0 Å². The van der Waals surface area contributed by atoms with E-state index in [1.165, 1.54) is 11.9 Å². The lowest BCUT2D eigenvalue weighted by Gasteiger charge is -2.27. The standard InChI is InChI=1S/C41H46FN7O3/c1-2-26-9-8-10-27-20-30(50)21-32(34(26)27)36-35(42)37-33(23-44-36)38(43)47-40(46-37)52-25-41(13-14-41)24-48-15-4-3-5-17-49(18-7-6-16-48)29-11-12-31-28(19-29)22-45-39(31)51/h8-12,19-21,23,50H,2-7,13-18,22,24-25H2,1H3,(H,45,51)(H2,43,46,47). The largest absolute Gasteiger partial charge is 0.508 e. The number of phenolic OH excluding ortho intramolecular Hbond substituents is 1. The first kappa shape index (κ1) is 34.1. The van der Waals surface area contributed by atoms with Gasteiger partial charge in [0.1, 0.15) is 22.8 Å². The number of fused-ring (bicyclic) bond motifs is 3. The summed E-state index contributed by atoms with van der Waals surface area (Å²) in [5, 5.41) is 15.4. The number of rotatable bonds is 8. The van der Waals surface area contributed by atoms with Crippen molar-refractivity contribution < 1.29 is 19.0 Å². The van der Waals surface area contributed by atoms with E-state index in [2.05, 4.69) is 42.2 Å². The second kappa shape index (κ2) is 14.2. The Morgan fingerprint density at radius 2 is 1.77 bits per heavy atom. The van der Waals surface area contributed by atoms with Gasteiger partial charge in [-0.05, 0) is 110 Å². The summed E-state index contributed by atoms with van der Waals surface area (Å²) >= 11 is 0. The van der Waals surface area contributed by atoms with Crippen LogP contribution < -0.4 is 20.7 Å². The predicted molar refractivity (Wildman–Crippen MR) is 202 cm³/mol. The number of benzene rings is 3. The van der Waals surface area contributed by atoms with Crippen LogP contribution in [0.3, 0.4) is 0 Å². The predicted octanol–water partition coefficient (Wildman–Crippen LogP) is 7.01. The number of phenols is 1. The molecular formula is C41H46FN7O3. The second-order valence-electron chi connectivity index (χ2n) is 14.8. The van der Waals surface area contributed by atoms with E-state index in [4.69, 9.17) is 10.5 Å². The lowest BCUT2D eigenvalue weighted by molar-refractivity contribution is 0.0965. The number of halogens is 1. The fourth-order valence-corrected chi connectivity index (χ4v) is 8.01. The highest BCUT2D eigenvalue weighted by atomic mass is 19.1. The first-order valence-corrected chi connectivity index (χ1v) is 18.7. The molecule has 1 saturated carbocycles. The van der Waals surface area contributed by atoms with Crippen LogP contribution in [0.15, 0.2) is 54.7 Å². The number of nitrogens with zero attached hydrogens (tertiary/aromatic N) is 5. The van der Waals surface area contributed by atoms with Gasteiger partial charge in [-0.2, -0.15) is 9.97 Å². The summed E-state index contributed by atoms with van der Waals surface area (Å²) in [7, 11) is 0. The minimum absolute atomic E-state index is 0.00810. The summed E-state index contributed by atoms with van der Waals surface area (Å²) in [4.78, 5) is 30.5. The molecule has 4 heterocycles. The van der Waals surface area contributed by atoms with Crippen LogP contribution in [0.2, 0.25) is 0 Å². The Morgan fingerprint density at radius 3 is 2.58 bits per heavy atom. The van der Waals surface area contributed by atoms with Crippen molar-refractivity contribution in [3.8, 4) is 23.0 Å². The zero-order valence-electron chi connectivity index (χ0n) is 29.8. The summed E-state index contributed by atoms with van der Waals surface area (Å²) in [5.74, 6) is -0.448. The van der Waals surface area contributed by atoms with Crippen molar-refractivity contribution in [2.75, 3.05) is 50.0 Å². The second-order valence-corrected chi connectivity index (χ2v) is 14.8. The molecule has 52 heavy (non-hydrogen) atoms. The summed E-state index contributed by atoms with van der Waals surface area (Å²) in [6.45, 7) is 8.15. The van der Waals surface area contributed by atoms with Gasteiger partial charge >= 0.3 is 6.01 Å². The van der Waals surface area contributed by atoms with E-state index in [9.17, 15) is 9.90 Å². The number of hydrogen-bond acceptors (Lipinski definition) is 9. The Kier molecular flexibility index (Phi) is 9.29. The molecule has 2 aliphatic heterocycles. The number of aromatic nitrogens is 3. The molecule has 1 amide bonds. The molecule has 0 radical (unpaired) electrons. The van der Waals surface area contributed by atoms with E-state index in [1.807, 2.05) is 31.2 Å². The number of pyridine rings is 1. The maximum absolute atomic E-state index is 16.4. The monoisotopic (exact) mass is 703 g/mol. The van der Waals surface area contributed by atoms with Crippen molar-refractivity contribution in [1.82, 2.24) is 25.2 Å². The maximum atomic E-state index is 16.4. The summed E-state index contributed by atoms with van der Waals surface area (Å²) < 4.78 is 22.6. The van der Waals surface area contributed by atoms with Crippen molar-refractivity contribution in [2.45, 2.75) is 64.8 Å². The quantitative estimate of drug-likeness (QED) is 0.156. The number of ether oxygens (including phenoxy) is 1. The maximum Gasteiger partial charge on any atom is 0.319 e. The zero-order valence-corrected chi connectivity index (χ0v) is 29.8. The minimum atomic E-state index is -0.624. The number of carbonyl (C=O) groups excluding carboxylic acids is 1. The van der Waals surface area contributed by atoms with Crippen LogP contribution >= 0.6 is 0 Å². The number of nitrogens with one attached hydrogen (secondary N) is 1. The number of aromatic hydroxyl groups is 1. The number of anilines is 2. The molecule has 270 valence electrons. The molecule has 5 aromatic rings. The number of nitrogen functional groups attached to an aromatic ring is 1. The van der Waals surface area contributed by atoms with Crippen LogP contribution in [0, 0.1) is 11.2 Å². The number of aryl methyl sites for hydroxylation is 1. The average molecular weight is 704 g/mol. The van der Waals surface area contributed by atoms with Gasteiger partial charge in [-0.1, -0.05) is 31.5 Å². The van der Waals surface area contributed by atoms with Crippen molar-refractivity contribution in [3.63, 3.8) is 0 Å². The Balaban J connectivity index is 0.947. The molecule has 0 bridgehead atoms. The van der Waals surface area contributed by atoms with Crippen molar-refractivity contribution in [2.24, 2.45) is 5.41 Å². The van der Waals surface area contributed by atoms with Crippen LogP contribution in [0.5, 0.6) is 11.8 Å². The Labute approximate surface area is 303 Å². The van der Waals surface area contributed by atoms with E-state index in [1.54, 1.807) is 12.1 Å². The molecule has 0 atom stereocenters. The number of amides is 1. The molecule has 4 N–H and O–H groups in total. The summed E-state index contributed by atoms with van der Waals surface area (Å²) in [6.07, 6.45) is 9.99. The lowest BCUT2D eigenvalue weighted by atomic mass is 9.95. The zero-order chi connectivity index (χ0) is 35.8. The molecule has 3 aromatic carbocycles. The highest BCUT2D eigenvalue weighted by Gasteiger charge is 2.45. The number of nitrogens with two attached hydrogens (primary N) is 1. The van der Waals surface area contributed by atoms with Crippen LogP contribution in [0.1, 0.15) is 73.4 Å². The summed E-state index contributed by atoms with van der Waals surface area (Å²) in [5.41, 5.74) is 11.1. The average Bonchev–Trinajstić information content (AvgIpc) is 3.83. The molecule has 3 aliphatic rings. The van der Waals surface area contributed by atoms with Crippen molar-refractivity contribution in [1.29, 1.82) is 0 Å². The summed E-state index contributed by atoms with van der Waals surface area (Å²) in [6, 6.07) is 15.4. The molecule has 8 rings (SSSR count). The molecule has 2 aromatic heterocycles. The van der Waals surface area contributed by atoms with E-state index in [0.29, 0.717) is 24.1 Å². The van der Waals surface area contributed by atoms with Crippen LogP contribution in [0.25, 0.3) is 32.9 Å². The molecule has 0 unspecified atom stereocenters. The Bertz CT molecular complexity index is 2150. The number of carbonyl (C=O) groups is 1. The van der Waals surface area contributed by atoms with Gasteiger partial charge in [0.05, 0.1) is 12.0 Å². The third-order valence-corrected chi connectivity index (χ3v) is 11.1. The van der Waals surface area contributed by atoms with Gasteiger partial charge < -0.3 is 30.7 Å².